The predicted octanol–water partition coefficient (Wildman–Crippen LogP) is 2.91. The van der Waals surface area contributed by atoms with Gasteiger partial charge >= 0.3 is 0 Å². The van der Waals surface area contributed by atoms with Crippen molar-refractivity contribution in [2.24, 2.45) is 0 Å². The van der Waals surface area contributed by atoms with Gasteiger partial charge in [0.1, 0.15) is 5.78 Å². The van der Waals surface area contributed by atoms with Crippen LogP contribution in [0.5, 0.6) is 0 Å². The third kappa shape index (κ3) is 7.44. The molecule has 0 aliphatic heterocycles. The van der Waals surface area contributed by atoms with Gasteiger partial charge in [-0.05, 0) is 31.2 Å². The number of hydrogen-bond acceptors (Lipinski definition) is 5. The molecule has 1 heterocycles. The van der Waals surface area contributed by atoms with Crippen molar-refractivity contribution in [1.82, 2.24) is 10.6 Å². The molecule has 1 aromatic carbocycles. The molecular formula is C21H24N2O4S. The standard InChI is InChI=1S/C21H24N2O4S/c1-15-7-11-19(28-15)18(25)10-8-17(24)9-12-20(26)22-13-14-23-21(27)16-5-3-2-4-6-16/h2-7,11H,8-10,12-14H2,1H3,(H,22,26)(H,23,27). The zero-order valence-electron chi connectivity index (χ0n) is 15.8. The maximum absolute atomic E-state index is 12.0. The molecule has 2 N–H and O–H groups in total. The topological polar surface area (TPSA) is 92.3 Å². The monoisotopic (exact) mass is 400 g/mol. The molecule has 0 fully saturated rings. The first-order valence-electron chi connectivity index (χ1n) is 9.17. The Hall–Kier alpha value is -2.80. The Bertz CT molecular complexity index is 830. The van der Waals surface area contributed by atoms with Gasteiger partial charge < -0.3 is 10.6 Å². The van der Waals surface area contributed by atoms with Gasteiger partial charge in [-0.3, -0.25) is 19.2 Å². The summed E-state index contributed by atoms with van der Waals surface area (Å²) >= 11 is 1.42. The second kappa shape index (κ2) is 11.1. The van der Waals surface area contributed by atoms with E-state index in [4.69, 9.17) is 0 Å². The minimum atomic E-state index is -0.248. The predicted molar refractivity (Wildman–Crippen MR) is 109 cm³/mol. The Kier molecular flexibility index (Phi) is 8.55. The van der Waals surface area contributed by atoms with Gasteiger partial charge in [-0.1, -0.05) is 18.2 Å². The quantitative estimate of drug-likeness (QED) is 0.448. The number of hydrogen-bond donors (Lipinski definition) is 2. The van der Waals surface area contributed by atoms with E-state index < -0.39 is 0 Å². The highest BCUT2D eigenvalue weighted by Gasteiger charge is 2.12. The van der Waals surface area contributed by atoms with Gasteiger partial charge in [0.2, 0.25) is 5.91 Å². The molecule has 0 saturated carbocycles. The van der Waals surface area contributed by atoms with Gasteiger partial charge in [0, 0.05) is 49.2 Å². The van der Waals surface area contributed by atoms with E-state index in [1.165, 1.54) is 11.3 Å². The van der Waals surface area contributed by atoms with Crippen LogP contribution in [0.15, 0.2) is 42.5 Å². The molecule has 2 amide bonds. The molecule has 1 aromatic heterocycles. The lowest BCUT2D eigenvalue weighted by atomic mass is 10.1. The molecule has 0 aliphatic carbocycles. The van der Waals surface area contributed by atoms with Crippen LogP contribution in [-0.4, -0.2) is 36.5 Å². The highest BCUT2D eigenvalue weighted by atomic mass is 32.1. The lowest BCUT2D eigenvalue weighted by molar-refractivity contribution is -0.125. The molecule has 0 aliphatic rings. The Morgan fingerprint density at radius 2 is 1.50 bits per heavy atom. The summed E-state index contributed by atoms with van der Waals surface area (Å²) in [6, 6.07) is 12.5. The van der Waals surface area contributed by atoms with Crippen molar-refractivity contribution in [3.8, 4) is 0 Å². The number of carbonyl (C=O) groups excluding carboxylic acids is 4. The van der Waals surface area contributed by atoms with Crippen molar-refractivity contribution in [1.29, 1.82) is 0 Å². The summed E-state index contributed by atoms with van der Waals surface area (Å²) in [4.78, 5) is 49.2. The Morgan fingerprint density at radius 3 is 2.18 bits per heavy atom. The minimum Gasteiger partial charge on any atom is -0.354 e. The van der Waals surface area contributed by atoms with E-state index in [0.717, 1.165) is 4.88 Å². The molecule has 0 spiro atoms. The van der Waals surface area contributed by atoms with Crippen LogP contribution in [0.2, 0.25) is 0 Å². The molecule has 0 radical (unpaired) electrons. The maximum Gasteiger partial charge on any atom is 0.251 e. The summed E-state index contributed by atoms with van der Waals surface area (Å²) in [5, 5.41) is 5.38. The largest absolute Gasteiger partial charge is 0.354 e. The fourth-order valence-corrected chi connectivity index (χ4v) is 3.33. The summed E-state index contributed by atoms with van der Waals surface area (Å²) in [6.07, 6.45) is 0.513. The number of carbonyl (C=O) groups is 4. The van der Waals surface area contributed by atoms with Gasteiger partial charge in [-0.2, -0.15) is 0 Å². The average molecular weight is 401 g/mol. The Balaban J connectivity index is 1.56. The maximum atomic E-state index is 12.0. The van der Waals surface area contributed by atoms with E-state index in [0.29, 0.717) is 23.5 Å². The third-order valence-corrected chi connectivity index (χ3v) is 5.09. The molecule has 6 nitrogen and oxygen atoms in total. The smallest absolute Gasteiger partial charge is 0.251 e. The molecule has 0 saturated heterocycles. The van der Waals surface area contributed by atoms with Gasteiger partial charge in [-0.25, -0.2) is 0 Å². The zero-order chi connectivity index (χ0) is 20.4. The highest BCUT2D eigenvalue weighted by Crippen LogP contribution is 2.17. The molecule has 2 aromatic rings. The molecule has 7 heteroatoms. The lowest BCUT2D eigenvalue weighted by Gasteiger charge is -2.07. The Labute approximate surface area is 168 Å². The second-order valence-electron chi connectivity index (χ2n) is 6.34. The Morgan fingerprint density at radius 1 is 0.821 bits per heavy atom. The van der Waals surface area contributed by atoms with Crippen LogP contribution in [0.4, 0.5) is 0 Å². The summed E-state index contributed by atoms with van der Waals surface area (Å²) in [5.74, 6) is -0.586. The molecule has 0 bridgehead atoms. The highest BCUT2D eigenvalue weighted by molar-refractivity contribution is 7.14. The first-order chi connectivity index (χ1) is 13.5. The van der Waals surface area contributed by atoms with Crippen molar-refractivity contribution in [3.63, 3.8) is 0 Å². The molecule has 0 unspecified atom stereocenters. The van der Waals surface area contributed by atoms with E-state index in [-0.39, 0.29) is 49.1 Å². The first-order valence-corrected chi connectivity index (χ1v) is 9.98. The average Bonchev–Trinajstić information content (AvgIpc) is 3.14. The van der Waals surface area contributed by atoms with E-state index in [1.54, 1.807) is 30.3 Å². The zero-order valence-corrected chi connectivity index (χ0v) is 16.6. The van der Waals surface area contributed by atoms with Gasteiger partial charge in [0.25, 0.3) is 5.91 Å². The summed E-state index contributed by atoms with van der Waals surface area (Å²) < 4.78 is 0. The number of benzene rings is 1. The number of aryl methyl sites for hydroxylation is 1. The van der Waals surface area contributed by atoms with Crippen LogP contribution in [0.1, 0.15) is 50.6 Å². The van der Waals surface area contributed by atoms with Crippen LogP contribution < -0.4 is 10.6 Å². The number of nitrogens with one attached hydrogen (secondary N) is 2. The fourth-order valence-electron chi connectivity index (χ4n) is 2.50. The van der Waals surface area contributed by atoms with E-state index in [1.807, 2.05) is 19.1 Å². The van der Waals surface area contributed by atoms with Crippen LogP contribution in [0.3, 0.4) is 0 Å². The molecular weight excluding hydrogens is 376 g/mol. The molecule has 28 heavy (non-hydrogen) atoms. The first kappa shape index (κ1) is 21.5. The van der Waals surface area contributed by atoms with E-state index >= 15 is 0 Å². The minimum absolute atomic E-state index is 0.0370. The van der Waals surface area contributed by atoms with Crippen LogP contribution in [0, 0.1) is 6.92 Å². The van der Waals surface area contributed by atoms with Crippen molar-refractivity contribution in [2.45, 2.75) is 32.6 Å². The normalized spacial score (nSPS) is 10.3. The van der Waals surface area contributed by atoms with Crippen LogP contribution in [0.25, 0.3) is 0 Å². The van der Waals surface area contributed by atoms with Crippen LogP contribution >= 0.6 is 11.3 Å². The second-order valence-corrected chi connectivity index (χ2v) is 7.63. The third-order valence-electron chi connectivity index (χ3n) is 4.05. The molecule has 2 rings (SSSR count). The lowest BCUT2D eigenvalue weighted by Crippen LogP contribution is -2.34. The van der Waals surface area contributed by atoms with Gasteiger partial charge in [0.05, 0.1) is 4.88 Å². The van der Waals surface area contributed by atoms with Crippen molar-refractivity contribution in [2.75, 3.05) is 13.1 Å². The van der Waals surface area contributed by atoms with Gasteiger partial charge in [0.15, 0.2) is 5.78 Å². The number of thiophene rings is 1. The summed E-state index contributed by atoms with van der Waals surface area (Å²) in [5.41, 5.74) is 0.562. The fraction of sp³-hybridized carbons (Fsp3) is 0.333. The number of ketones is 2. The summed E-state index contributed by atoms with van der Waals surface area (Å²) in [7, 11) is 0. The number of Topliss-reactive ketones (excluding diaryl/α,β-unsaturated/α-hetero) is 2. The van der Waals surface area contributed by atoms with Crippen molar-refractivity contribution < 1.29 is 19.2 Å². The van der Waals surface area contributed by atoms with Gasteiger partial charge in [-0.15, -0.1) is 11.3 Å². The molecule has 0 atom stereocenters. The van der Waals surface area contributed by atoms with E-state index in [9.17, 15) is 19.2 Å². The van der Waals surface area contributed by atoms with Crippen molar-refractivity contribution in [3.05, 3.63) is 57.8 Å². The van der Waals surface area contributed by atoms with Crippen LogP contribution in [-0.2, 0) is 9.59 Å². The number of rotatable bonds is 11. The van der Waals surface area contributed by atoms with Crippen molar-refractivity contribution >= 4 is 34.7 Å². The van der Waals surface area contributed by atoms with E-state index in [2.05, 4.69) is 10.6 Å². The number of amides is 2. The molecule has 148 valence electrons. The summed E-state index contributed by atoms with van der Waals surface area (Å²) in [6.45, 7) is 2.53. The SMILES string of the molecule is Cc1ccc(C(=O)CCC(=O)CCC(=O)NCCNC(=O)c2ccccc2)s1.